The number of hydrogen-bond donors (Lipinski definition) is 1. The maximum Gasteiger partial charge on any atom is 0.0600 e. The molecule has 0 aromatic rings. The Bertz CT molecular complexity index is 108. The van der Waals surface area contributed by atoms with Gasteiger partial charge in [-0.2, -0.15) is 0 Å². The molecule has 0 bridgehead atoms. The molecule has 0 amide bonds. The van der Waals surface area contributed by atoms with E-state index in [4.69, 9.17) is 5.11 Å². The van der Waals surface area contributed by atoms with Gasteiger partial charge in [0.1, 0.15) is 0 Å². The summed E-state index contributed by atoms with van der Waals surface area (Å²) in [6, 6.07) is 0.346. The van der Waals surface area contributed by atoms with E-state index in [-0.39, 0.29) is 6.61 Å². The molecule has 1 atom stereocenters. The normalized spacial score (nSPS) is 30.9. The third-order valence-electron chi connectivity index (χ3n) is 2.30. The lowest BCUT2D eigenvalue weighted by Crippen LogP contribution is -2.49. The molecule has 1 aliphatic heterocycles. The molecule has 0 unspecified atom stereocenters. The first-order valence-corrected chi connectivity index (χ1v) is 3.80. The van der Waals surface area contributed by atoms with Crippen molar-refractivity contribution in [1.29, 1.82) is 0 Å². The van der Waals surface area contributed by atoms with Crippen LogP contribution in [-0.4, -0.2) is 48.4 Å². The largest absolute Gasteiger partial charge is 0.395 e. The molecule has 1 aliphatic rings. The molecule has 3 nitrogen and oxygen atoms in total. The van der Waals surface area contributed by atoms with Gasteiger partial charge in [0.2, 0.25) is 0 Å². The van der Waals surface area contributed by atoms with E-state index in [0.717, 1.165) is 13.0 Å². The number of hydrazine groups is 1. The van der Waals surface area contributed by atoms with Gasteiger partial charge in [0.05, 0.1) is 6.61 Å². The second-order valence-electron chi connectivity index (χ2n) is 2.93. The van der Waals surface area contributed by atoms with Crippen molar-refractivity contribution in [2.24, 2.45) is 0 Å². The first kappa shape index (κ1) is 7.98. The van der Waals surface area contributed by atoms with E-state index < -0.39 is 0 Å². The molecule has 60 valence electrons. The quantitative estimate of drug-likeness (QED) is 0.557. The van der Waals surface area contributed by atoms with Crippen molar-refractivity contribution in [2.45, 2.75) is 18.9 Å². The van der Waals surface area contributed by atoms with Gasteiger partial charge < -0.3 is 5.11 Å². The third kappa shape index (κ3) is 1.48. The fourth-order valence-electron chi connectivity index (χ4n) is 1.39. The lowest BCUT2D eigenvalue weighted by Gasteiger charge is -2.38. The van der Waals surface area contributed by atoms with Crippen LogP contribution >= 0.6 is 0 Å². The van der Waals surface area contributed by atoms with E-state index in [0.29, 0.717) is 6.04 Å². The smallest absolute Gasteiger partial charge is 0.0600 e. The van der Waals surface area contributed by atoms with E-state index in [2.05, 4.69) is 17.1 Å². The summed E-state index contributed by atoms with van der Waals surface area (Å²) < 4.78 is 0. The standard InChI is InChI=1S/C7H16N2O/c1-8-5-3-4-7(6-10)9(8)2/h7,10H,3-6H2,1-2H3/t7-/m1/s1. The van der Waals surface area contributed by atoms with Crippen LogP contribution < -0.4 is 0 Å². The molecule has 1 N–H and O–H groups in total. The van der Waals surface area contributed by atoms with Crippen molar-refractivity contribution in [3.63, 3.8) is 0 Å². The summed E-state index contributed by atoms with van der Waals surface area (Å²) >= 11 is 0. The second kappa shape index (κ2) is 3.32. The van der Waals surface area contributed by atoms with Crippen LogP contribution in [0.1, 0.15) is 12.8 Å². The summed E-state index contributed by atoms with van der Waals surface area (Å²) in [5.41, 5.74) is 0. The van der Waals surface area contributed by atoms with E-state index in [1.807, 2.05) is 7.05 Å². The van der Waals surface area contributed by atoms with Crippen LogP contribution in [0.3, 0.4) is 0 Å². The minimum absolute atomic E-state index is 0.279. The molecule has 0 aliphatic carbocycles. The van der Waals surface area contributed by atoms with Gasteiger partial charge >= 0.3 is 0 Å². The highest BCUT2D eigenvalue weighted by molar-refractivity contribution is 4.70. The van der Waals surface area contributed by atoms with Crippen LogP contribution in [0.4, 0.5) is 0 Å². The topological polar surface area (TPSA) is 26.7 Å². The fraction of sp³-hybridized carbons (Fsp3) is 1.00. The summed E-state index contributed by atoms with van der Waals surface area (Å²) in [5, 5.41) is 13.2. The predicted molar refractivity (Wildman–Crippen MR) is 40.5 cm³/mol. The van der Waals surface area contributed by atoms with E-state index in [1.165, 1.54) is 6.42 Å². The number of likely N-dealkylation sites (N-methyl/N-ethyl adjacent to an activating group) is 1. The Hall–Kier alpha value is -0.120. The Kier molecular flexibility index (Phi) is 2.65. The zero-order valence-corrected chi connectivity index (χ0v) is 6.75. The van der Waals surface area contributed by atoms with Gasteiger partial charge in [-0.15, -0.1) is 0 Å². The van der Waals surface area contributed by atoms with Crippen molar-refractivity contribution in [1.82, 2.24) is 10.0 Å². The Balaban J connectivity index is 2.42. The van der Waals surface area contributed by atoms with Crippen molar-refractivity contribution in [2.75, 3.05) is 27.2 Å². The summed E-state index contributed by atoms with van der Waals surface area (Å²) in [4.78, 5) is 0. The lowest BCUT2D eigenvalue weighted by molar-refractivity contribution is -0.0635. The van der Waals surface area contributed by atoms with Crippen molar-refractivity contribution < 1.29 is 5.11 Å². The Morgan fingerprint density at radius 1 is 1.50 bits per heavy atom. The van der Waals surface area contributed by atoms with Crippen LogP contribution in [0.15, 0.2) is 0 Å². The summed E-state index contributed by atoms with van der Waals surface area (Å²) in [5.74, 6) is 0. The van der Waals surface area contributed by atoms with Crippen molar-refractivity contribution in [3.8, 4) is 0 Å². The second-order valence-corrected chi connectivity index (χ2v) is 2.93. The number of rotatable bonds is 1. The molecule has 0 saturated carbocycles. The van der Waals surface area contributed by atoms with Gasteiger partial charge in [-0.05, 0) is 12.8 Å². The summed E-state index contributed by atoms with van der Waals surface area (Å²) in [6.45, 7) is 1.40. The lowest BCUT2D eigenvalue weighted by atomic mass is 10.1. The molecule has 0 spiro atoms. The van der Waals surface area contributed by atoms with Crippen LogP contribution in [0, 0.1) is 0 Å². The van der Waals surface area contributed by atoms with E-state index in [1.54, 1.807) is 0 Å². The molecule has 0 aromatic carbocycles. The van der Waals surface area contributed by atoms with Gasteiger partial charge in [0, 0.05) is 26.7 Å². The van der Waals surface area contributed by atoms with Crippen LogP contribution in [0.25, 0.3) is 0 Å². The zero-order valence-electron chi connectivity index (χ0n) is 6.75. The average Bonchev–Trinajstić information content (AvgIpc) is 1.95. The third-order valence-corrected chi connectivity index (χ3v) is 2.30. The van der Waals surface area contributed by atoms with Gasteiger partial charge in [0.25, 0.3) is 0 Å². The molecule has 1 rings (SSSR count). The van der Waals surface area contributed by atoms with Gasteiger partial charge in [-0.1, -0.05) is 0 Å². The molecule has 0 radical (unpaired) electrons. The molecule has 3 heteroatoms. The zero-order chi connectivity index (χ0) is 7.56. The first-order valence-electron chi connectivity index (χ1n) is 3.80. The first-order chi connectivity index (χ1) is 4.75. The molecule has 1 heterocycles. The Morgan fingerprint density at radius 2 is 2.20 bits per heavy atom. The van der Waals surface area contributed by atoms with Gasteiger partial charge in [0.15, 0.2) is 0 Å². The highest BCUT2D eigenvalue weighted by Crippen LogP contribution is 2.13. The number of aliphatic hydroxyl groups is 1. The van der Waals surface area contributed by atoms with Gasteiger partial charge in [-0.3, -0.25) is 0 Å². The SMILES string of the molecule is CN1CCC[C@H](CO)N1C. The van der Waals surface area contributed by atoms with Gasteiger partial charge in [-0.25, -0.2) is 10.0 Å². The summed E-state index contributed by atoms with van der Waals surface area (Å²) in [7, 11) is 4.09. The minimum atomic E-state index is 0.279. The number of nitrogens with zero attached hydrogens (tertiary/aromatic N) is 2. The van der Waals surface area contributed by atoms with Crippen LogP contribution in [-0.2, 0) is 0 Å². The monoisotopic (exact) mass is 144 g/mol. The van der Waals surface area contributed by atoms with Crippen LogP contribution in [0.5, 0.6) is 0 Å². The Morgan fingerprint density at radius 3 is 2.70 bits per heavy atom. The maximum atomic E-state index is 8.91. The molecular formula is C7H16N2O. The number of hydrogen-bond acceptors (Lipinski definition) is 3. The average molecular weight is 144 g/mol. The minimum Gasteiger partial charge on any atom is -0.395 e. The van der Waals surface area contributed by atoms with Crippen molar-refractivity contribution >= 4 is 0 Å². The van der Waals surface area contributed by atoms with Crippen molar-refractivity contribution in [3.05, 3.63) is 0 Å². The van der Waals surface area contributed by atoms with E-state index >= 15 is 0 Å². The number of aliphatic hydroxyl groups excluding tert-OH is 1. The Labute approximate surface area is 62.2 Å². The summed E-state index contributed by atoms with van der Waals surface area (Å²) in [6.07, 6.45) is 2.32. The molecule has 1 saturated heterocycles. The fourth-order valence-corrected chi connectivity index (χ4v) is 1.39. The van der Waals surface area contributed by atoms with E-state index in [9.17, 15) is 0 Å². The van der Waals surface area contributed by atoms with Crippen LogP contribution in [0.2, 0.25) is 0 Å². The highest BCUT2D eigenvalue weighted by atomic mass is 16.3. The highest BCUT2D eigenvalue weighted by Gasteiger charge is 2.21. The molecular weight excluding hydrogens is 128 g/mol. The molecule has 1 fully saturated rings. The molecule has 0 aromatic heterocycles. The predicted octanol–water partition coefficient (Wildman–Crippen LogP) is -0.0803. The maximum absolute atomic E-state index is 8.91. The molecule has 10 heavy (non-hydrogen) atoms.